The number of rotatable bonds is 0. The third kappa shape index (κ3) is 1.43. The van der Waals surface area contributed by atoms with E-state index in [-0.39, 0.29) is 6.04 Å². The number of nitriles is 1. The van der Waals surface area contributed by atoms with Gasteiger partial charge >= 0.3 is 0 Å². The zero-order chi connectivity index (χ0) is 9.26. The SMILES string of the molecule is N#Cc1cccc2c1SCC[C@@H]2N. The molecule has 0 bridgehead atoms. The molecule has 1 aliphatic heterocycles. The number of thioether (sulfide) groups is 1. The van der Waals surface area contributed by atoms with E-state index >= 15 is 0 Å². The zero-order valence-corrected chi connectivity index (χ0v) is 7.97. The molecule has 66 valence electrons. The molecule has 2 nitrogen and oxygen atoms in total. The second kappa shape index (κ2) is 3.41. The first kappa shape index (κ1) is 8.61. The summed E-state index contributed by atoms with van der Waals surface area (Å²) in [6, 6.07) is 8.09. The minimum atomic E-state index is 0.115. The van der Waals surface area contributed by atoms with Crippen molar-refractivity contribution in [3.8, 4) is 6.07 Å². The molecule has 1 aliphatic rings. The van der Waals surface area contributed by atoms with Crippen molar-refractivity contribution in [3.63, 3.8) is 0 Å². The van der Waals surface area contributed by atoms with Gasteiger partial charge in [-0.15, -0.1) is 11.8 Å². The molecule has 13 heavy (non-hydrogen) atoms. The van der Waals surface area contributed by atoms with E-state index in [2.05, 4.69) is 6.07 Å². The molecule has 2 N–H and O–H groups in total. The summed E-state index contributed by atoms with van der Waals surface area (Å²) in [6.07, 6.45) is 1.01. The van der Waals surface area contributed by atoms with Crippen LogP contribution in [-0.2, 0) is 0 Å². The van der Waals surface area contributed by atoms with Crippen molar-refractivity contribution in [2.24, 2.45) is 5.73 Å². The van der Waals surface area contributed by atoms with Crippen molar-refractivity contribution >= 4 is 11.8 Å². The highest BCUT2D eigenvalue weighted by Crippen LogP contribution is 2.36. The van der Waals surface area contributed by atoms with Crippen LogP contribution in [0.15, 0.2) is 23.1 Å². The van der Waals surface area contributed by atoms with Crippen LogP contribution in [0.3, 0.4) is 0 Å². The Morgan fingerprint density at radius 2 is 2.38 bits per heavy atom. The molecule has 1 aromatic rings. The van der Waals surface area contributed by atoms with Crippen LogP contribution in [-0.4, -0.2) is 5.75 Å². The van der Waals surface area contributed by atoms with Gasteiger partial charge in [-0.1, -0.05) is 12.1 Å². The summed E-state index contributed by atoms with van der Waals surface area (Å²) >= 11 is 1.74. The number of nitrogens with two attached hydrogens (primary N) is 1. The molecule has 0 fully saturated rings. The van der Waals surface area contributed by atoms with Crippen molar-refractivity contribution in [1.29, 1.82) is 5.26 Å². The van der Waals surface area contributed by atoms with Crippen LogP contribution in [0.1, 0.15) is 23.6 Å². The van der Waals surface area contributed by atoms with Crippen LogP contribution in [0.4, 0.5) is 0 Å². The fourth-order valence-corrected chi connectivity index (χ4v) is 2.77. The maximum Gasteiger partial charge on any atom is 0.100 e. The van der Waals surface area contributed by atoms with Gasteiger partial charge in [0.2, 0.25) is 0 Å². The van der Waals surface area contributed by atoms with Gasteiger partial charge in [0.15, 0.2) is 0 Å². The highest BCUT2D eigenvalue weighted by atomic mass is 32.2. The third-order valence-electron chi connectivity index (χ3n) is 2.24. The number of hydrogen-bond donors (Lipinski definition) is 1. The van der Waals surface area contributed by atoms with Crippen LogP contribution < -0.4 is 5.73 Å². The summed E-state index contributed by atoms with van der Waals surface area (Å²) in [5.74, 6) is 1.02. The van der Waals surface area contributed by atoms with Crippen LogP contribution in [0.5, 0.6) is 0 Å². The lowest BCUT2D eigenvalue weighted by Gasteiger charge is -2.21. The van der Waals surface area contributed by atoms with Crippen LogP contribution in [0, 0.1) is 11.3 Å². The highest BCUT2D eigenvalue weighted by molar-refractivity contribution is 7.99. The van der Waals surface area contributed by atoms with Crippen molar-refractivity contribution < 1.29 is 0 Å². The molecule has 1 atom stereocenters. The van der Waals surface area contributed by atoms with Crippen LogP contribution >= 0.6 is 11.8 Å². The predicted octanol–water partition coefficient (Wildman–Crippen LogP) is 2.05. The highest BCUT2D eigenvalue weighted by Gasteiger charge is 2.19. The number of nitrogens with zero attached hydrogens (tertiary/aromatic N) is 1. The summed E-state index contributed by atoms with van der Waals surface area (Å²) in [6.45, 7) is 0. The van der Waals surface area contributed by atoms with Gasteiger partial charge < -0.3 is 5.73 Å². The maximum atomic E-state index is 8.88. The quantitative estimate of drug-likeness (QED) is 0.681. The fourth-order valence-electron chi connectivity index (χ4n) is 1.54. The number of benzene rings is 1. The molecule has 3 heteroatoms. The van der Waals surface area contributed by atoms with Gasteiger partial charge in [-0.05, 0) is 23.8 Å². The molecular formula is C10H10N2S. The summed E-state index contributed by atoms with van der Waals surface area (Å²) in [5.41, 5.74) is 7.84. The first-order chi connectivity index (χ1) is 6.33. The third-order valence-corrected chi connectivity index (χ3v) is 3.42. The van der Waals surface area contributed by atoms with E-state index < -0.39 is 0 Å². The second-order valence-electron chi connectivity index (χ2n) is 3.08. The minimum absolute atomic E-state index is 0.115. The van der Waals surface area contributed by atoms with E-state index in [1.807, 2.05) is 18.2 Å². The summed E-state index contributed by atoms with van der Waals surface area (Å²) in [5, 5.41) is 8.88. The maximum absolute atomic E-state index is 8.88. The Morgan fingerprint density at radius 3 is 3.15 bits per heavy atom. The summed E-state index contributed by atoms with van der Waals surface area (Å²) < 4.78 is 0. The molecule has 0 aliphatic carbocycles. The van der Waals surface area contributed by atoms with E-state index in [1.54, 1.807) is 11.8 Å². The van der Waals surface area contributed by atoms with Gasteiger partial charge in [0.05, 0.1) is 5.56 Å². The Kier molecular flexibility index (Phi) is 2.26. The zero-order valence-electron chi connectivity index (χ0n) is 7.16. The lowest BCUT2D eigenvalue weighted by molar-refractivity contribution is 0.679. The molecular weight excluding hydrogens is 180 g/mol. The van der Waals surface area contributed by atoms with Gasteiger partial charge in [0.25, 0.3) is 0 Å². The van der Waals surface area contributed by atoms with E-state index in [9.17, 15) is 0 Å². The van der Waals surface area contributed by atoms with Gasteiger partial charge in [0, 0.05) is 10.9 Å². The first-order valence-electron chi connectivity index (χ1n) is 4.24. The van der Waals surface area contributed by atoms with Gasteiger partial charge in [-0.2, -0.15) is 5.26 Å². The van der Waals surface area contributed by atoms with Crippen LogP contribution in [0.25, 0.3) is 0 Å². The molecule has 1 aromatic carbocycles. The fraction of sp³-hybridized carbons (Fsp3) is 0.300. The van der Waals surface area contributed by atoms with Crippen molar-refractivity contribution in [3.05, 3.63) is 29.3 Å². The standard InChI is InChI=1S/C10H10N2S/c11-6-7-2-1-3-8-9(12)4-5-13-10(7)8/h1-3,9H,4-5,12H2/t9-/m0/s1. The normalized spacial score (nSPS) is 20.5. The molecule has 0 amide bonds. The average molecular weight is 190 g/mol. The molecule has 0 aromatic heterocycles. The second-order valence-corrected chi connectivity index (χ2v) is 4.18. The molecule has 1 heterocycles. The molecule has 0 unspecified atom stereocenters. The Labute approximate surface area is 81.7 Å². The van der Waals surface area contributed by atoms with E-state index in [0.29, 0.717) is 0 Å². The first-order valence-corrected chi connectivity index (χ1v) is 5.23. The lowest BCUT2D eigenvalue weighted by atomic mass is 10.0. The number of fused-ring (bicyclic) bond motifs is 1. The molecule has 0 saturated carbocycles. The number of hydrogen-bond acceptors (Lipinski definition) is 3. The smallest absolute Gasteiger partial charge is 0.100 e. The molecule has 0 spiro atoms. The van der Waals surface area contributed by atoms with E-state index in [1.165, 1.54) is 0 Å². The van der Waals surface area contributed by atoms with Gasteiger partial charge in [0.1, 0.15) is 6.07 Å². The average Bonchev–Trinajstić information content (AvgIpc) is 2.18. The van der Waals surface area contributed by atoms with Crippen molar-refractivity contribution in [2.75, 3.05) is 5.75 Å². The Hall–Kier alpha value is -0.980. The Morgan fingerprint density at radius 1 is 1.54 bits per heavy atom. The van der Waals surface area contributed by atoms with E-state index in [4.69, 9.17) is 11.0 Å². The lowest BCUT2D eigenvalue weighted by Crippen LogP contribution is -2.16. The van der Waals surface area contributed by atoms with Crippen molar-refractivity contribution in [2.45, 2.75) is 17.4 Å². The van der Waals surface area contributed by atoms with E-state index in [0.717, 1.165) is 28.2 Å². The minimum Gasteiger partial charge on any atom is -0.324 e. The van der Waals surface area contributed by atoms with Crippen molar-refractivity contribution in [1.82, 2.24) is 0 Å². The van der Waals surface area contributed by atoms with Gasteiger partial charge in [-0.3, -0.25) is 0 Å². The molecule has 0 saturated heterocycles. The summed E-state index contributed by atoms with van der Waals surface area (Å²) in [7, 11) is 0. The Balaban J connectivity index is 2.56. The van der Waals surface area contributed by atoms with Gasteiger partial charge in [-0.25, -0.2) is 0 Å². The molecule has 0 radical (unpaired) electrons. The molecule has 2 rings (SSSR count). The topological polar surface area (TPSA) is 49.8 Å². The largest absolute Gasteiger partial charge is 0.324 e. The Bertz CT molecular complexity index is 368. The summed E-state index contributed by atoms with van der Waals surface area (Å²) in [4.78, 5) is 1.09. The van der Waals surface area contributed by atoms with Crippen LogP contribution in [0.2, 0.25) is 0 Å². The predicted molar refractivity (Wildman–Crippen MR) is 53.4 cm³/mol. The monoisotopic (exact) mass is 190 g/mol.